The Bertz CT molecular complexity index is 656. The van der Waals surface area contributed by atoms with Gasteiger partial charge in [-0.2, -0.15) is 0 Å². The third-order valence-electron chi connectivity index (χ3n) is 2.95. The van der Waals surface area contributed by atoms with Gasteiger partial charge in [0.2, 0.25) is 0 Å². The molecule has 2 rings (SSSR count). The highest BCUT2D eigenvalue weighted by atomic mass is 35.5. The van der Waals surface area contributed by atoms with Crippen molar-refractivity contribution in [3.05, 3.63) is 63.1 Å². The van der Waals surface area contributed by atoms with Gasteiger partial charge in [0.1, 0.15) is 0 Å². The van der Waals surface area contributed by atoms with Gasteiger partial charge in [-0.1, -0.05) is 35.3 Å². The number of carbonyl (C=O) groups is 1. The van der Waals surface area contributed by atoms with Crippen LogP contribution < -0.4 is 0 Å². The second kappa shape index (κ2) is 6.53. The van der Waals surface area contributed by atoms with Crippen molar-refractivity contribution in [2.75, 3.05) is 0 Å². The van der Waals surface area contributed by atoms with Crippen molar-refractivity contribution >= 4 is 40.9 Å². The number of aromatic carboxylic acids is 1. The van der Waals surface area contributed by atoms with E-state index in [0.29, 0.717) is 21.4 Å². The number of halogens is 2. The molecule has 0 radical (unpaired) electrons. The maximum absolute atomic E-state index is 11.1. The number of thioether (sulfide) groups is 1. The van der Waals surface area contributed by atoms with Crippen molar-refractivity contribution in [3.63, 3.8) is 0 Å². The molecule has 0 amide bonds. The van der Waals surface area contributed by atoms with E-state index in [9.17, 15) is 4.79 Å². The first kappa shape index (κ1) is 15.2. The zero-order valence-corrected chi connectivity index (χ0v) is 13.0. The van der Waals surface area contributed by atoms with Crippen molar-refractivity contribution in [1.82, 2.24) is 0 Å². The highest BCUT2D eigenvalue weighted by Gasteiger charge is 2.10. The first-order chi connectivity index (χ1) is 9.49. The summed E-state index contributed by atoms with van der Waals surface area (Å²) in [5.74, 6) is -0.243. The van der Waals surface area contributed by atoms with Crippen molar-refractivity contribution < 1.29 is 9.90 Å². The van der Waals surface area contributed by atoms with Crippen LogP contribution >= 0.6 is 35.0 Å². The molecule has 0 aliphatic heterocycles. The summed E-state index contributed by atoms with van der Waals surface area (Å²) in [4.78, 5) is 12.0. The third kappa shape index (κ3) is 3.48. The molecular formula is C15H12Cl2O2S. The van der Waals surface area contributed by atoms with Crippen LogP contribution in [0.5, 0.6) is 0 Å². The van der Waals surface area contributed by atoms with Crippen LogP contribution in [0.2, 0.25) is 10.0 Å². The van der Waals surface area contributed by atoms with Crippen LogP contribution in [0.15, 0.2) is 41.3 Å². The van der Waals surface area contributed by atoms with Gasteiger partial charge in [-0.3, -0.25) is 0 Å². The monoisotopic (exact) mass is 326 g/mol. The van der Waals surface area contributed by atoms with E-state index in [0.717, 1.165) is 16.0 Å². The van der Waals surface area contributed by atoms with Crippen LogP contribution in [-0.2, 0) is 5.75 Å². The van der Waals surface area contributed by atoms with Crippen LogP contribution in [-0.4, -0.2) is 11.1 Å². The summed E-state index contributed by atoms with van der Waals surface area (Å²) in [6, 6.07) is 10.7. The van der Waals surface area contributed by atoms with Gasteiger partial charge in [0.05, 0.1) is 10.6 Å². The standard InChI is InChI=1S/C15H12Cl2O2S/c1-9-10(3-2-4-12(9)15(18)19)8-20-14-6-5-11(16)7-13(14)17/h2-7H,8H2,1H3,(H,18,19). The molecule has 0 bridgehead atoms. The molecule has 0 aliphatic rings. The van der Waals surface area contributed by atoms with Crippen LogP contribution in [0, 0.1) is 6.92 Å². The molecule has 0 aliphatic carbocycles. The van der Waals surface area contributed by atoms with E-state index in [4.69, 9.17) is 28.3 Å². The summed E-state index contributed by atoms with van der Waals surface area (Å²) in [6.45, 7) is 1.82. The Hall–Kier alpha value is -1.16. The zero-order valence-electron chi connectivity index (χ0n) is 10.7. The molecule has 20 heavy (non-hydrogen) atoms. The lowest BCUT2D eigenvalue weighted by Gasteiger charge is -2.09. The first-order valence-corrected chi connectivity index (χ1v) is 7.63. The normalized spacial score (nSPS) is 10.6. The highest BCUT2D eigenvalue weighted by Crippen LogP contribution is 2.32. The number of benzene rings is 2. The second-order valence-electron chi connectivity index (χ2n) is 4.26. The molecule has 104 valence electrons. The number of carboxylic acids is 1. The number of hydrogen-bond donors (Lipinski definition) is 1. The van der Waals surface area contributed by atoms with E-state index in [-0.39, 0.29) is 0 Å². The predicted molar refractivity (Wildman–Crippen MR) is 84.2 cm³/mol. The molecule has 0 unspecified atom stereocenters. The molecule has 0 saturated carbocycles. The molecule has 0 spiro atoms. The van der Waals surface area contributed by atoms with Gasteiger partial charge in [0.25, 0.3) is 0 Å². The summed E-state index contributed by atoms with van der Waals surface area (Å²) in [5, 5.41) is 10.3. The molecular weight excluding hydrogens is 315 g/mol. The van der Waals surface area contributed by atoms with Crippen LogP contribution in [0.4, 0.5) is 0 Å². The molecule has 5 heteroatoms. The largest absolute Gasteiger partial charge is 0.478 e. The van der Waals surface area contributed by atoms with E-state index in [2.05, 4.69) is 0 Å². The predicted octanol–water partition coefficient (Wildman–Crippen LogP) is 5.29. The summed E-state index contributed by atoms with van der Waals surface area (Å²) < 4.78 is 0. The maximum Gasteiger partial charge on any atom is 0.335 e. The van der Waals surface area contributed by atoms with E-state index in [1.165, 1.54) is 0 Å². The number of hydrogen-bond acceptors (Lipinski definition) is 2. The topological polar surface area (TPSA) is 37.3 Å². The van der Waals surface area contributed by atoms with Gasteiger partial charge in [0.15, 0.2) is 0 Å². The highest BCUT2D eigenvalue weighted by molar-refractivity contribution is 7.98. The van der Waals surface area contributed by atoms with Crippen LogP contribution in [0.3, 0.4) is 0 Å². The fraction of sp³-hybridized carbons (Fsp3) is 0.133. The molecule has 0 aromatic heterocycles. The smallest absolute Gasteiger partial charge is 0.335 e. The van der Waals surface area contributed by atoms with Crippen molar-refractivity contribution in [2.45, 2.75) is 17.6 Å². The molecule has 2 aromatic carbocycles. The minimum atomic E-state index is -0.904. The molecule has 0 saturated heterocycles. The van der Waals surface area contributed by atoms with Crippen molar-refractivity contribution in [3.8, 4) is 0 Å². The lowest BCUT2D eigenvalue weighted by Crippen LogP contribution is -2.01. The first-order valence-electron chi connectivity index (χ1n) is 5.88. The van der Waals surface area contributed by atoms with Gasteiger partial charge in [-0.25, -0.2) is 4.79 Å². The van der Waals surface area contributed by atoms with Gasteiger partial charge in [-0.05, 0) is 42.3 Å². The third-order valence-corrected chi connectivity index (χ3v) is 4.74. The molecule has 0 heterocycles. The maximum atomic E-state index is 11.1. The average Bonchev–Trinajstić information content (AvgIpc) is 2.39. The Morgan fingerprint density at radius 1 is 1.25 bits per heavy atom. The quantitative estimate of drug-likeness (QED) is 0.775. The van der Waals surface area contributed by atoms with Crippen LogP contribution in [0.1, 0.15) is 21.5 Å². The summed E-state index contributed by atoms with van der Waals surface area (Å²) in [5.41, 5.74) is 2.11. The van der Waals surface area contributed by atoms with E-state index >= 15 is 0 Å². The Labute approximate surface area is 131 Å². The molecule has 2 nitrogen and oxygen atoms in total. The fourth-order valence-corrected chi connectivity index (χ4v) is 3.38. The molecule has 0 fully saturated rings. The summed E-state index contributed by atoms with van der Waals surface area (Å²) >= 11 is 13.5. The minimum Gasteiger partial charge on any atom is -0.478 e. The van der Waals surface area contributed by atoms with E-state index in [1.807, 2.05) is 19.1 Å². The van der Waals surface area contributed by atoms with Gasteiger partial charge >= 0.3 is 5.97 Å². The van der Waals surface area contributed by atoms with Crippen molar-refractivity contribution in [2.24, 2.45) is 0 Å². The Kier molecular flexibility index (Phi) is 4.97. The molecule has 2 aromatic rings. The van der Waals surface area contributed by atoms with Gasteiger partial charge in [0, 0.05) is 15.7 Å². The van der Waals surface area contributed by atoms with Gasteiger partial charge in [-0.15, -0.1) is 11.8 Å². The summed E-state index contributed by atoms with van der Waals surface area (Å²) in [6.07, 6.45) is 0. The van der Waals surface area contributed by atoms with E-state index < -0.39 is 5.97 Å². The Morgan fingerprint density at radius 2 is 2.00 bits per heavy atom. The van der Waals surface area contributed by atoms with Crippen LogP contribution in [0.25, 0.3) is 0 Å². The van der Waals surface area contributed by atoms with E-state index in [1.54, 1.807) is 36.0 Å². The fourth-order valence-electron chi connectivity index (χ4n) is 1.82. The molecule has 0 atom stereocenters. The number of rotatable bonds is 4. The summed E-state index contributed by atoms with van der Waals surface area (Å²) in [7, 11) is 0. The Balaban J connectivity index is 2.19. The minimum absolute atomic E-state index is 0.338. The average molecular weight is 327 g/mol. The van der Waals surface area contributed by atoms with Gasteiger partial charge < -0.3 is 5.11 Å². The SMILES string of the molecule is Cc1c(CSc2ccc(Cl)cc2Cl)cccc1C(=O)O. The lowest BCUT2D eigenvalue weighted by atomic mass is 10.0. The number of carboxylic acid groups (broad SMARTS) is 1. The van der Waals surface area contributed by atoms with Crippen molar-refractivity contribution in [1.29, 1.82) is 0 Å². The second-order valence-corrected chi connectivity index (χ2v) is 6.12. The molecule has 1 N–H and O–H groups in total. The Morgan fingerprint density at radius 3 is 2.65 bits per heavy atom. The zero-order chi connectivity index (χ0) is 14.7. The lowest BCUT2D eigenvalue weighted by molar-refractivity contribution is 0.0696.